The minimum absolute atomic E-state index is 0.430. The van der Waals surface area contributed by atoms with E-state index in [9.17, 15) is 0 Å². The second-order valence-corrected chi connectivity index (χ2v) is 8.43. The number of rotatable bonds is 6. The fourth-order valence-corrected chi connectivity index (χ4v) is 3.97. The molecule has 1 saturated heterocycles. The molecule has 0 bridgehead atoms. The lowest BCUT2D eigenvalue weighted by molar-refractivity contribution is 0.122. The molecule has 0 radical (unpaired) electrons. The number of morpholine rings is 1. The number of aromatic nitrogens is 3. The molecule has 0 saturated carbocycles. The third-order valence-electron chi connectivity index (χ3n) is 4.67. The van der Waals surface area contributed by atoms with Crippen LogP contribution in [0, 0.1) is 10.5 Å². The van der Waals surface area contributed by atoms with Gasteiger partial charge in [-0.1, -0.05) is 23.7 Å². The van der Waals surface area contributed by atoms with Gasteiger partial charge < -0.3 is 15.0 Å². The third-order valence-corrected chi connectivity index (χ3v) is 5.75. The zero-order valence-electron chi connectivity index (χ0n) is 16.8. The number of hydrogen-bond donors (Lipinski definition) is 2. The summed E-state index contributed by atoms with van der Waals surface area (Å²) in [7, 11) is 0. The molecule has 0 aliphatic carbocycles. The van der Waals surface area contributed by atoms with Crippen LogP contribution in [-0.2, 0) is 4.74 Å². The molecule has 2 aromatic heterocycles. The first-order valence-electron chi connectivity index (χ1n) is 9.72. The molecular weight excluding hydrogens is 529 g/mol. The summed E-state index contributed by atoms with van der Waals surface area (Å²) in [6, 6.07) is 9.56. The van der Waals surface area contributed by atoms with Crippen LogP contribution in [0.15, 0.2) is 47.8 Å². The average molecular weight is 550 g/mol. The molecule has 31 heavy (non-hydrogen) atoms. The highest BCUT2D eigenvalue weighted by Gasteiger charge is 2.16. The summed E-state index contributed by atoms with van der Waals surface area (Å²) in [5.74, 6) is 1.31. The number of aryl methyl sites for hydroxylation is 1. The molecule has 1 aromatic carbocycles. The van der Waals surface area contributed by atoms with Gasteiger partial charge in [-0.25, -0.2) is 10.4 Å². The number of benzene rings is 1. The van der Waals surface area contributed by atoms with Crippen LogP contribution in [0.1, 0.15) is 11.3 Å². The fraction of sp³-hybridized carbons (Fsp3) is 0.238. The number of hydrogen-bond acceptors (Lipinski definition) is 8. The summed E-state index contributed by atoms with van der Waals surface area (Å²) < 4.78 is 6.41. The quantitative estimate of drug-likeness (QED) is 0.267. The van der Waals surface area contributed by atoms with Crippen LogP contribution >= 0.6 is 34.2 Å². The Morgan fingerprint density at radius 1 is 1.23 bits per heavy atom. The van der Waals surface area contributed by atoms with Gasteiger partial charge in [0.1, 0.15) is 5.82 Å². The van der Waals surface area contributed by atoms with Gasteiger partial charge in [0.2, 0.25) is 5.95 Å². The minimum Gasteiger partial charge on any atom is -0.378 e. The molecule has 2 N–H and O–H groups in total. The van der Waals surface area contributed by atoms with Crippen LogP contribution < -0.4 is 15.6 Å². The van der Waals surface area contributed by atoms with Crippen molar-refractivity contribution in [1.82, 2.24) is 15.0 Å². The maximum absolute atomic E-state index is 6.31. The van der Waals surface area contributed by atoms with Crippen LogP contribution in [0.2, 0.25) is 5.02 Å². The van der Waals surface area contributed by atoms with Gasteiger partial charge in [0.05, 0.1) is 39.4 Å². The molecule has 3 heterocycles. The van der Waals surface area contributed by atoms with E-state index in [-0.39, 0.29) is 0 Å². The van der Waals surface area contributed by atoms with Crippen molar-refractivity contribution in [2.45, 2.75) is 6.92 Å². The monoisotopic (exact) mass is 549 g/mol. The van der Waals surface area contributed by atoms with Crippen molar-refractivity contribution >= 4 is 63.5 Å². The average Bonchev–Trinajstić information content (AvgIpc) is 2.78. The summed E-state index contributed by atoms with van der Waals surface area (Å²) in [6.07, 6.45) is 5.12. The van der Waals surface area contributed by atoms with E-state index >= 15 is 0 Å². The Bertz CT molecular complexity index is 1070. The smallest absolute Gasteiger partial charge is 0.245 e. The standard InChI is InChI=1S/C21H21ClIN7O/c1-14-3-2-4-17(22)19(14)27-15-5-6-24-16(11-15)12-26-29-21-25-13-18(23)20(28-21)30-7-9-31-10-8-30/h2-6,11-13H,7-10H2,1H3,(H,24,27)(H,25,28,29)/b26-12-. The molecule has 0 spiro atoms. The van der Waals surface area contributed by atoms with E-state index in [1.165, 1.54) is 0 Å². The van der Waals surface area contributed by atoms with E-state index in [0.29, 0.717) is 29.9 Å². The number of pyridine rings is 1. The highest BCUT2D eigenvalue weighted by Crippen LogP contribution is 2.28. The number of nitrogens with zero attached hydrogens (tertiary/aromatic N) is 5. The molecule has 0 amide bonds. The minimum atomic E-state index is 0.430. The number of halogens is 2. The zero-order valence-corrected chi connectivity index (χ0v) is 19.8. The van der Waals surface area contributed by atoms with E-state index in [1.807, 2.05) is 37.3 Å². The summed E-state index contributed by atoms with van der Waals surface area (Å²) >= 11 is 8.55. The maximum Gasteiger partial charge on any atom is 0.245 e. The Morgan fingerprint density at radius 2 is 2.06 bits per heavy atom. The molecule has 8 nitrogen and oxygen atoms in total. The summed E-state index contributed by atoms with van der Waals surface area (Å²) in [6.45, 7) is 5.03. The van der Waals surface area contributed by atoms with Crippen molar-refractivity contribution in [3.05, 3.63) is 62.6 Å². The van der Waals surface area contributed by atoms with Gasteiger partial charge in [-0.15, -0.1) is 0 Å². The van der Waals surface area contributed by atoms with Gasteiger partial charge in [0, 0.05) is 31.2 Å². The van der Waals surface area contributed by atoms with Crippen LogP contribution in [0.25, 0.3) is 0 Å². The number of hydrazone groups is 1. The van der Waals surface area contributed by atoms with Gasteiger partial charge >= 0.3 is 0 Å². The van der Waals surface area contributed by atoms with E-state index in [0.717, 1.165) is 39.4 Å². The van der Waals surface area contributed by atoms with Gasteiger partial charge in [0.15, 0.2) is 0 Å². The van der Waals surface area contributed by atoms with Crippen molar-refractivity contribution in [3.8, 4) is 0 Å². The van der Waals surface area contributed by atoms with Gasteiger partial charge in [0.25, 0.3) is 0 Å². The topological polar surface area (TPSA) is 87.6 Å². The Kier molecular flexibility index (Phi) is 7.15. The van der Waals surface area contributed by atoms with Crippen LogP contribution in [0.3, 0.4) is 0 Å². The Labute approximate surface area is 199 Å². The lowest BCUT2D eigenvalue weighted by atomic mass is 10.2. The second kappa shape index (κ2) is 10.2. The fourth-order valence-electron chi connectivity index (χ4n) is 3.10. The first-order valence-corrected chi connectivity index (χ1v) is 11.2. The van der Waals surface area contributed by atoms with Gasteiger partial charge in [-0.2, -0.15) is 10.1 Å². The van der Waals surface area contributed by atoms with Crippen molar-refractivity contribution in [2.24, 2.45) is 5.10 Å². The molecule has 0 atom stereocenters. The molecule has 10 heteroatoms. The Balaban J connectivity index is 1.44. The lowest BCUT2D eigenvalue weighted by Gasteiger charge is -2.28. The lowest BCUT2D eigenvalue weighted by Crippen LogP contribution is -2.37. The summed E-state index contributed by atoms with van der Waals surface area (Å²) in [4.78, 5) is 15.4. The van der Waals surface area contributed by atoms with Gasteiger partial charge in [-0.3, -0.25) is 4.98 Å². The van der Waals surface area contributed by atoms with Crippen LogP contribution in [0.4, 0.5) is 23.1 Å². The van der Waals surface area contributed by atoms with Crippen LogP contribution in [0.5, 0.6) is 0 Å². The highest BCUT2D eigenvalue weighted by molar-refractivity contribution is 14.1. The predicted molar refractivity (Wildman–Crippen MR) is 133 cm³/mol. The number of para-hydroxylation sites is 1. The SMILES string of the molecule is Cc1cccc(Cl)c1Nc1ccnc(/C=N\Nc2ncc(I)c(N3CCOCC3)n2)c1. The second-order valence-electron chi connectivity index (χ2n) is 6.86. The number of ether oxygens (including phenoxy) is 1. The summed E-state index contributed by atoms with van der Waals surface area (Å²) in [5.41, 5.74) is 6.38. The van der Waals surface area contributed by atoms with Crippen molar-refractivity contribution in [1.29, 1.82) is 0 Å². The van der Waals surface area contributed by atoms with E-state index < -0.39 is 0 Å². The Morgan fingerprint density at radius 3 is 2.87 bits per heavy atom. The zero-order chi connectivity index (χ0) is 21.6. The Hall–Kier alpha value is -2.50. The summed E-state index contributed by atoms with van der Waals surface area (Å²) in [5, 5.41) is 8.26. The van der Waals surface area contributed by atoms with E-state index in [4.69, 9.17) is 16.3 Å². The molecule has 4 rings (SSSR count). The first kappa shape index (κ1) is 21.7. The molecule has 0 unspecified atom stereocenters. The largest absolute Gasteiger partial charge is 0.378 e. The molecule has 160 valence electrons. The molecule has 1 fully saturated rings. The normalized spacial score (nSPS) is 14.1. The van der Waals surface area contributed by atoms with Crippen LogP contribution in [-0.4, -0.2) is 47.5 Å². The third kappa shape index (κ3) is 5.60. The maximum atomic E-state index is 6.31. The molecule has 1 aliphatic heterocycles. The van der Waals surface area contributed by atoms with E-state index in [2.05, 4.69) is 58.3 Å². The van der Waals surface area contributed by atoms with Gasteiger partial charge in [-0.05, 0) is 53.3 Å². The van der Waals surface area contributed by atoms with Crippen molar-refractivity contribution < 1.29 is 4.74 Å². The first-order chi connectivity index (χ1) is 15.1. The molecular formula is C21H21ClIN7O. The predicted octanol–water partition coefficient (Wildman–Crippen LogP) is 4.46. The highest BCUT2D eigenvalue weighted by atomic mass is 127. The van der Waals surface area contributed by atoms with E-state index in [1.54, 1.807) is 18.6 Å². The number of nitrogens with one attached hydrogen (secondary N) is 2. The molecule has 1 aliphatic rings. The molecule has 3 aromatic rings. The van der Waals surface area contributed by atoms with Crippen molar-refractivity contribution in [3.63, 3.8) is 0 Å². The number of anilines is 4. The van der Waals surface area contributed by atoms with Crippen molar-refractivity contribution in [2.75, 3.05) is 41.9 Å².